The second kappa shape index (κ2) is 5.48. The zero-order chi connectivity index (χ0) is 11.5. The molecule has 0 aromatic heterocycles. The molecule has 0 amide bonds. The van der Waals surface area contributed by atoms with E-state index in [2.05, 4.69) is 23.8 Å². The van der Waals surface area contributed by atoms with Gasteiger partial charge in [-0.25, -0.2) is 0 Å². The molecule has 1 unspecified atom stereocenters. The lowest BCUT2D eigenvalue weighted by molar-refractivity contribution is 0.0475. The van der Waals surface area contributed by atoms with Crippen LogP contribution in [-0.4, -0.2) is 54.6 Å². The van der Waals surface area contributed by atoms with Crippen molar-refractivity contribution in [2.45, 2.75) is 57.2 Å². The van der Waals surface area contributed by atoms with Crippen molar-refractivity contribution in [1.82, 2.24) is 9.80 Å². The van der Waals surface area contributed by atoms with Crippen LogP contribution >= 0.6 is 0 Å². The number of nitrogens with zero attached hydrogens (tertiary/aromatic N) is 2. The van der Waals surface area contributed by atoms with Gasteiger partial charge in [0.1, 0.15) is 0 Å². The van der Waals surface area contributed by atoms with E-state index in [9.17, 15) is 0 Å². The van der Waals surface area contributed by atoms with E-state index in [1.54, 1.807) is 0 Å². The third-order valence-corrected chi connectivity index (χ3v) is 4.54. The largest absolute Gasteiger partial charge is 0.328 e. The predicted octanol–water partition coefficient (Wildman–Crippen LogP) is 1.28. The molecule has 0 spiro atoms. The number of hydrogen-bond acceptors (Lipinski definition) is 3. The first-order valence-electron chi connectivity index (χ1n) is 6.90. The van der Waals surface area contributed by atoms with Gasteiger partial charge in [0.25, 0.3) is 0 Å². The molecule has 16 heavy (non-hydrogen) atoms. The lowest BCUT2D eigenvalue weighted by Gasteiger charge is -2.44. The van der Waals surface area contributed by atoms with Crippen molar-refractivity contribution in [3.8, 4) is 0 Å². The van der Waals surface area contributed by atoms with Crippen molar-refractivity contribution in [3.63, 3.8) is 0 Å². The normalized spacial score (nSPS) is 38.8. The molecule has 0 aromatic rings. The molecule has 0 radical (unpaired) electrons. The van der Waals surface area contributed by atoms with Crippen molar-refractivity contribution >= 4 is 0 Å². The molecule has 1 heterocycles. The summed E-state index contributed by atoms with van der Waals surface area (Å²) in [6.45, 7) is 6.07. The molecule has 94 valence electrons. The van der Waals surface area contributed by atoms with Gasteiger partial charge in [-0.3, -0.25) is 4.90 Å². The summed E-state index contributed by atoms with van der Waals surface area (Å²) in [4.78, 5) is 5.24. The van der Waals surface area contributed by atoms with Gasteiger partial charge < -0.3 is 10.6 Å². The van der Waals surface area contributed by atoms with Gasteiger partial charge in [0.15, 0.2) is 0 Å². The van der Waals surface area contributed by atoms with Gasteiger partial charge in [0, 0.05) is 37.8 Å². The molecule has 1 atom stereocenters. The molecule has 1 aliphatic carbocycles. The van der Waals surface area contributed by atoms with E-state index in [-0.39, 0.29) is 0 Å². The summed E-state index contributed by atoms with van der Waals surface area (Å²) in [5.74, 6) is 0. The highest BCUT2D eigenvalue weighted by molar-refractivity contribution is 4.87. The minimum absolute atomic E-state index is 0.477. The Kier molecular flexibility index (Phi) is 4.22. The van der Waals surface area contributed by atoms with Gasteiger partial charge in [0.2, 0.25) is 0 Å². The molecule has 0 aromatic carbocycles. The van der Waals surface area contributed by atoms with Gasteiger partial charge in [-0.05, 0) is 39.2 Å². The summed E-state index contributed by atoms with van der Waals surface area (Å²) in [6.07, 6.45) is 6.38. The van der Waals surface area contributed by atoms with Crippen LogP contribution in [0.15, 0.2) is 0 Å². The van der Waals surface area contributed by atoms with Gasteiger partial charge in [-0.1, -0.05) is 6.92 Å². The minimum atomic E-state index is 0.477. The highest BCUT2D eigenvalue weighted by Gasteiger charge is 2.29. The Morgan fingerprint density at radius 1 is 1.12 bits per heavy atom. The van der Waals surface area contributed by atoms with Crippen molar-refractivity contribution < 1.29 is 0 Å². The van der Waals surface area contributed by atoms with E-state index in [4.69, 9.17) is 5.73 Å². The fourth-order valence-electron chi connectivity index (χ4n) is 3.21. The first-order chi connectivity index (χ1) is 7.70. The quantitative estimate of drug-likeness (QED) is 0.768. The molecule has 2 N–H and O–H groups in total. The molecule has 1 aliphatic heterocycles. The van der Waals surface area contributed by atoms with Crippen LogP contribution in [0.5, 0.6) is 0 Å². The highest BCUT2D eigenvalue weighted by Crippen LogP contribution is 2.24. The van der Waals surface area contributed by atoms with Crippen LogP contribution in [0, 0.1) is 0 Å². The fourth-order valence-corrected chi connectivity index (χ4v) is 3.21. The highest BCUT2D eigenvalue weighted by atomic mass is 15.3. The van der Waals surface area contributed by atoms with Crippen molar-refractivity contribution in [1.29, 1.82) is 0 Å². The summed E-state index contributed by atoms with van der Waals surface area (Å²) in [7, 11) is 2.27. The summed E-state index contributed by atoms with van der Waals surface area (Å²) < 4.78 is 0. The molecule has 1 saturated carbocycles. The molecule has 3 heteroatoms. The average Bonchev–Trinajstić information content (AvgIpc) is 2.31. The van der Waals surface area contributed by atoms with E-state index in [1.807, 2.05) is 0 Å². The Balaban J connectivity index is 1.85. The average molecular weight is 225 g/mol. The molecule has 1 saturated heterocycles. The Morgan fingerprint density at radius 3 is 2.44 bits per heavy atom. The van der Waals surface area contributed by atoms with E-state index < -0.39 is 0 Å². The number of piperazine rings is 1. The zero-order valence-corrected chi connectivity index (χ0v) is 10.9. The second-order valence-electron chi connectivity index (χ2n) is 5.61. The predicted molar refractivity (Wildman–Crippen MR) is 68.5 cm³/mol. The van der Waals surface area contributed by atoms with E-state index in [0.29, 0.717) is 6.04 Å². The summed E-state index contributed by atoms with van der Waals surface area (Å²) >= 11 is 0. The Bertz CT molecular complexity index is 211. The summed E-state index contributed by atoms with van der Waals surface area (Å²) in [6, 6.07) is 2.07. The Morgan fingerprint density at radius 2 is 1.81 bits per heavy atom. The maximum Gasteiger partial charge on any atom is 0.0218 e. The van der Waals surface area contributed by atoms with Crippen molar-refractivity contribution in [2.24, 2.45) is 5.73 Å². The van der Waals surface area contributed by atoms with Crippen molar-refractivity contribution in [3.05, 3.63) is 0 Å². The molecule has 0 bridgehead atoms. The molecular weight excluding hydrogens is 198 g/mol. The number of hydrogen-bond donors (Lipinski definition) is 1. The van der Waals surface area contributed by atoms with Gasteiger partial charge >= 0.3 is 0 Å². The smallest absolute Gasteiger partial charge is 0.0218 e. The van der Waals surface area contributed by atoms with Crippen molar-refractivity contribution in [2.75, 3.05) is 26.7 Å². The van der Waals surface area contributed by atoms with Gasteiger partial charge in [-0.2, -0.15) is 0 Å². The fraction of sp³-hybridized carbons (Fsp3) is 1.00. The maximum atomic E-state index is 5.98. The van der Waals surface area contributed by atoms with Crippen LogP contribution in [0.4, 0.5) is 0 Å². The van der Waals surface area contributed by atoms with E-state index in [0.717, 1.165) is 12.1 Å². The van der Waals surface area contributed by atoms with Crippen LogP contribution < -0.4 is 5.73 Å². The standard InChI is InChI=1S/C13H27N3/c1-3-12-10-16(9-8-15(12)2)13-6-4-11(14)5-7-13/h11-13H,3-10,14H2,1-2H3. The van der Waals surface area contributed by atoms with Crippen LogP contribution in [0.1, 0.15) is 39.0 Å². The SMILES string of the molecule is CCC1CN(C2CCC(N)CC2)CCN1C. The van der Waals surface area contributed by atoms with Gasteiger partial charge in [-0.15, -0.1) is 0 Å². The monoisotopic (exact) mass is 225 g/mol. The Hall–Kier alpha value is -0.120. The van der Waals surface area contributed by atoms with Crippen LogP contribution in [0.3, 0.4) is 0 Å². The summed E-state index contributed by atoms with van der Waals surface area (Å²) in [5, 5.41) is 0. The van der Waals surface area contributed by atoms with Crippen LogP contribution in [0.25, 0.3) is 0 Å². The third-order valence-electron chi connectivity index (χ3n) is 4.54. The molecule has 2 rings (SSSR count). The second-order valence-corrected chi connectivity index (χ2v) is 5.61. The van der Waals surface area contributed by atoms with Gasteiger partial charge in [0.05, 0.1) is 0 Å². The first-order valence-corrected chi connectivity index (χ1v) is 6.90. The van der Waals surface area contributed by atoms with E-state index in [1.165, 1.54) is 51.7 Å². The minimum Gasteiger partial charge on any atom is -0.328 e. The molecule has 2 fully saturated rings. The lowest BCUT2D eigenvalue weighted by Crippen LogP contribution is -2.55. The molecule has 2 aliphatic rings. The zero-order valence-electron chi connectivity index (χ0n) is 10.9. The first kappa shape index (κ1) is 12.3. The number of rotatable bonds is 2. The summed E-state index contributed by atoms with van der Waals surface area (Å²) in [5.41, 5.74) is 5.98. The van der Waals surface area contributed by atoms with Crippen LogP contribution in [0.2, 0.25) is 0 Å². The van der Waals surface area contributed by atoms with Crippen LogP contribution in [-0.2, 0) is 0 Å². The topological polar surface area (TPSA) is 32.5 Å². The lowest BCUT2D eigenvalue weighted by atomic mass is 9.90. The molecular formula is C13H27N3. The van der Waals surface area contributed by atoms with E-state index >= 15 is 0 Å². The number of nitrogens with two attached hydrogens (primary N) is 1. The molecule has 3 nitrogen and oxygen atoms in total. The maximum absolute atomic E-state index is 5.98. The number of likely N-dealkylation sites (N-methyl/N-ethyl adjacent to an activating group) is 1. The Labute approximate surface area is 100.0 Å². The third kappa shape index (κ3) is 2.76.